The molecule has 0 saturated heterocycles. The summed E-state index contributed by atoms with van der Waals surface area (Å²) in [7, 11) is 1.68. The molecule has 1 aromatic heterocycles. The Labute approximate surface area is 139 Å². The number of ether oxygens (including phenoxy) is 1. The van der Waals surface area contributed by atoms with E-state index >= 15 is 0 Å². The highest BCUT2D eigenvalue weighted by Crippen LogP contribution is 2.38. The molecule has 2 aromatic carbocycles. The van der Waals surface area contributed by atoms with Gasteiger partial charge in [-0.15, -0.1) is 0 Å². The lowest BCUT2D eigenvalue weighted by molar-refractivity contribution is -0.130. The third-order valence-electron chi connectivity index (χ3n) is 4.81. The molecule has 1 heterocycles. The average Bonchev–Trinajstić information content (AvgIpc) is 2.99. The van der Waals surface area contributed by atoms with E-state index < -0.39 is 0 Å². The van der Waals surface area contributed by atoms with Gasteiger partial charge in [-0.3, -0.25) is 9.59 Å². The minimum Gasteiger partial charge on any atom is -0.464 e. The van der Waals surface area contributed by atoms with E-state index in [1.165, 1.54) is 0 Å². The van der Waals surface area contributed by atoms with Crippen LogP contribution in [0.15, 0.2) is 41.0 Å². The summed E-state index contributed by atoms with van der Waals surface area (Å²) in [6.07, 6.45) is 2.77. The lowest BCUT2D eigenvalue weighted by Crippen LogP contribution is -2.22. The second-order valence-corrected chi connectivity index (χ2v) is 6.39. The van der Waals surface area contributed by atoms with Crippen molar-refractivity contribution in [2.45, 2.75) is 31.8 Å². The fourth-order valence-electron chi connectivity index (χ4n) is 3.66. The van der Waals surface area contributed by atoms with Gasteiger partial charge in [-0.1, -0.05) is 18.2 Å². The van der Waals surface area contributed by atoms with E-state index in [0.29, 0.717) is 19.4 Å². The summed E-state index contributed by atoms with van der Waals surface area (Å²) < 4.78 is 10.9. The molecule has 24 heavy (non-hydrogen) atoms. The Kier molecular flexibility index (Phi) is 3.69. The maximum absolute atomic E-state index is 12.3. The fraction of sp³-hybridized carbons (Fsp3) is 0.300. The van der Waals surface area contributed by atoms with Crippen molar-refractivity contribution in [1.29, 1.82) is 0 Å². The van der Waals surface area contributed by atoms with Crippen molar-refractivity contribution in [2.75, 3.05) is 7.11 Å². The van der Waals surface area contributed by atoms with Crippen LogP contribution in [0.4, 0.5) is 0 Å². The Morgan fingerprint density at radius 3 is 2.88 bits per heavy atom. The zero-order valence-corrected chi connectivity index (χ0v) is 13.5. The molecule has 0 bridgehead atoms. The number of furan rings is 1. The standard InChI is InChI=1S/C20H18O4/c1-23-10-12-2-5-15-13(8-12)3-7-19-20(15)17(11-24-19)16-6-4-14(21)9-18(16)22/h2-3,5,7-8,11,16H,4,6,9-10H2,1H3/t16-/m0/s1. The molecule has 0 aliphatic heterocycles. The maximum atomic E-state index is 12.3. The van der Waals surface area contributed by atoms with Crippen molar-refractivity contribution in [3.63, 3.8) is 0 Å². The summed E-state index contributed by atoms with van der Waals surface area (Å²) in [5, 5.41) is 3.16. The molecule has 0 unspecified atom stereocenters. The molecule has 4 nitrogen and oxygen atoms in total. The Morgan fingerprint density at radius 2 is 2.08 bits per heavy atom. The second-order valence-electron chi connectivity index (χ2n) is 6.39. The van der Waals surface area contributed by atoms with Crippen LogP contribution in [0.5, 0.6) is 0 Å². The second kappa shape index (κ2) is 5.87. The minimum atomic E-state index is -0.242. The SMILES string of the molecule is COCc1ccc2c(ccc3occ([C@@H]4CCC(=O)CC4=O)c32)c1. The van der Waals surface area contributed by atoms with Gasteiger partial charge in [0.05, 0.1) is 19.3 Å². The highest BCUT2D eigenvalue weighted by Gasteiger charge is 2.31. The molecule has 122 valence electrons. The number of benzene rings is 2. The van der Waals surface area contributed by atoms with E-state index in [2.05, 4.69) is 12.1 Å². The molecule has 4 heteroatoms. The van der Waals surface area contributed by atoms with Gasteiger partial charge in [0, 0.05) is 30.4 Å². The van der Waals surface area contributed by atoms with Crippen molar-refractivity contribution in [2.24, 2.45) is 0 Å². The number of rotatable bonds is 3. The van der Waals surface area contributed by atoms with Crippen LogP contribution < -0.4 is 0 Å². The predicted molar refractivity (Wildman–Crippen MR) is 91.0 cm³/mol. The summed E-state index contributed by atoms with van der Waals surface area (Å²) in [6, 6.07) is 10.2. The molecule has 1 aliphatic carbocycles. The summed E-state index contributed by atoms with van der Waals surface area (Å²) >= 11 is 0. The van der Waals surface area contributed by atoms with Crippen molar-refractivity contribution < 1.29 is 18.7 Å². The Bertz CT molecular complexity index is 951. The van der Waals surface area contributed by atoms with E-state index in [-0.39, 0.29) is 23.9 Å². The largest absolute Gasteiger partial charge is 0.464 e. The highest BCUT2D eigenvalue weighted by molar-refractivity contribution is 6.11. The van der Waals surface area contributed by atoms with Crippen LogP contribution in [-0.2, 0) is 20.9 Å². The van der Waals surface area contributed by atoms with Gasteiger partial charge in [-0.2, -0.15) is 0 Å². The number of ketones is 2. The molecule has 3 aromatic rings. The van der Waals surface area contributed by atoms with Gasteiger partial charge in [0.15, 0.2) is 0 Å². The van der Waals surface area contributed by atoms with Crippen molar-refractivity contribution in [1.82, 2.24) is 0 Å². The third kappa shape index (κ3) is 2.43. The van der Waals surface area contributed by atoms with Gasteiger partial charge in [-0.05, 0) is 34.9 Å². The fourth-order valence-corrected chi connectivity index (χ4v) is 3.66. The number of hydrogen-bond acceptors (Lipinski definition) is 4. The summed E-state index contributed by atoms with van der Waals surface area (Å²) in [5.74, 6) is -0.201. The van der Waals surface area contributed by atoms with Crippen LogP contribution in [0.3, 0.4) is 0 Å². The van der Waals surface area contributed by atoms with Crippen LogP contribution in [0, 0.1) is 0 Å². The van der Waals surface area contributed by atoms with E-state index in [1.54, 1.807) is 13.4 Å². The molecule has 0 spiro atoms. The third-order valence-corrected chi connectivity index (χ3v) is 4.81. The summed E-state index contributed by atoms with van der Waals surface area (Å²) in [4.78, 5) is 23.9. The van der Waals surface area contributed by atoms with Crippen molar-refractivity contribution in [3.05, 3.63) is 47.7 Å². The van der Waals surface area contributed by atoms with E-state index in [4.69, 9.17) is 9.15 Å². The van der Waals surface area contributed by atoms with Crippen LogP contribution in [-0.4, -0.2) is 18.7 Å². The van der Waals surface area contributed by atoms with E-state index in [1.807, 2.05) is 18.2 Å². The van der Waals surface area contributed by atoms with Crippen LogP contribution >= 0.6 is 0 Å². The van der Waals surface area contributed by atoms with Crippen molar-refractivity contribution >= 4 is 33.3 Å². The van der Waals surface area contributed by atoms with E-state index in [9.17, 15) is 9.59 Å². The van der Waals surface area contributed by atoms with Crippen molar-refractivity contribution in [3.8, 4) is 0 Å². The first-order valence-corrected chi connectivity index (χ1v) is 8.13. The Balaban J connectivity index is 1.87. The molecule has 1 atom stereocenters. The van der Waals surface area contributed by atoms with Gasteiger partial charge in [0.2, 0.25) is 0 Å². The number of methoxy groups -OCH3 is 1. The smallest absolute Gasteiger partial charge is 0.147 e. The molecule has 1 fully saturated rings. The number of carbonyl (C=O) groups excluding carboxylic acids is 2. The van der Waals surface area contributed by atoms with Gasteiger partial charge in [0.25, 0.3) is 0 Å². The molecular weight excluding hydrogens is 304 g/mol. The summed E-state index contributed by atoms with van der Waals surface area (Å²) in [6.45, 7) is 0.565. The number of Topliss-reactive ketones (excluding diaryl/α,β-unsaturated/α-hetero) is 2. The van der Waals surface area contributed by atoms with Crippen LogP contribution in [0.2, 0.25) is 0 Å². The van der Waals surface area contributed by atoms with Crippen LogP contribution in [0.1, 0.15) is 36.3 Å². The normalized spacial score (nSPS) is 18.6. The lowest BCUT2D eigenvalue weighted by atomic mass is 9.81. The van der Waals surface area contributed by atoms with Crippen LogP contribution in [0.25, 0.3) is 21.7 Å². The first-order chi connectivity index (χ1) is 11.7. The minimum absolute atomic E-state index is 0.00181. The first kappa shape index (κ1) is 15.1. The molecule has 4 rings (SSSR count). The van der Waals surface area contributed by atoms with Gasteiger partial charge < -0.3 is 9.15 Å². The van der Waals surface area contributed by atoms with Gasteiger partial charge in [0.1, 0.15) is 17.1 Å². The Hall–Kier alpha value is -2.46. The molecule has 0 N–H and O–H groups in total. The average molecular weight is 322 g/mol. The molecular formula is C20H18O4. The highest BCUT2D eigenvalue weighted by atomic mass is 16.5. The van der Waals surface area contributed by atoms with Gasteiger partial charge in [-0.25, -0.2) is 0 Å². The van der Waals surface area contributed by atoms with E-state index in [0.717, 1.165) is 32.9 Å². The zero-order valence-electron chi connectivity index (χ0n) is 13.5. The topological polar surface area (TPSA) is 56.5 Å². The number of fused-ring (bicyclic) bond motifs is 3. The number of hydrogen-bond donors (Lipinski definition) is 0. The summed E-state index contributed by atoms with van der Waals surface area (Å²) in [5.41, 5.74) is 2.79. The number of carbonyl (C=O) groups is 2. The van der Waals surface area contributed by atoms with Gasteiger partial charge >= 0.3 is 0 Å². The quantitative estimate of drug-likeness (QED) is 0.680. The zero-order chi connectivity index (χ0) is 16.7. The molecule has 0 amide bonds. The predicted octanol–water partition coefficient (Wildman–Crippen LogP) is 4.14. The lowest BCUT2D eigenvalue weighted by Gasteiger charge is -2.19. The molecule has 1 saturated carbocycles. The molecule has 0 radical (unpaired) electrons. The Morgan fingerprint density at radius 1 is 1.21 bits per heavy atom. The first-order valence-electron chi connectivity index (χ1n) is 8.13. The maximum Gasteiger partial charge on any atom is 0.147 e. The molecule has 1 aliphatic rings. The monoisotopic (exact) mass is 322 g/mol.